The molecule has 0 aliphatic rings. The fraction of sp³-hybridized carbons (Fsp3) is 0.211. The van der Waals surface area contributed by atoms with Crippen LogP contribution in [0.2, 0.25) is 0 Å². The number of rotatable bonds is 7. The number of hydrogen-bond acceptors (Lipinski definition) is 6. The van der Waals surface area contributed by atoms with Gasteiger partial charge >= 0.3 is 0 Å². The highest BCUT2D eigenvalue weighted by molar-refractivity contribution is 5.96. The smallest absolute Gasteiger partial charge is 0.183 e. The van der Waals surface area contributed by atoms with Crippen molar-refractivity contribution in [2.45, 2.75) is 13.5 Å². The van der Waals surface area contributed by atoms with Crippen LogP contribution in [0.3, 0.4) is 0 Å². The summed E-state index contributed by atoms with van der Waals surface area (Å²) in [5, 5.41) is 11.4. The van der Waals surface area contributed by atoms with Gasteiger partial charge in [0.15, 0.2) is 17.3 Å². The van der Waals surface area contributed by atoms with E-state index in [0.717, 1.165) is 11.3 Å². The number of nitrogens with zero attached hydrogens (tertiary/aromatic N) is 3. The van der Waals surface area contributed by atoms with Crippen LogP contribution in [-0.2, 0) is 6.54 Å². The molecule has 0 saturated heterocycles. The molecule has 0 atom stereocenters. The summed E-state index contributed by atoms with van der Waals surface area (Å²) in [6.07, 6.45) is 0. The zero-order valence-electron chi connectivity index (χ0n) is 14.9. The summed E-state index contributed by atoms with van der Waals surface area (Å²) in [6, 6.07) is 15.1. The van der Waals surface area contributed by atoms with E-state index in [1.54, 1.807) is 25.0 Å². The Morgan fingerprint density at radius 3 is 2.31 bits per heavy atom. The average molecular weight is 352 g/mol. The number of para-hydroxylation sites is 1. The highest BCUT2D eigenvalue weighted by Crippen LogP contribution is 2.24. The van der Waals surface area contributed by atoms with Gasteiger partial charge < -0.3 is 14.8 Å². The quantitative estimate of drug-likeness (QED) is 0.658. The number of benzene rings is 2. The number of carbonyl (C=O) groups is 1. The first kappa shape index (κ1) is 17.5. The largest absolute Gasteiger partial charge is 0.497 e. The highest BCUT2D eigenvalue weighted by Gasteiger charge is 2.17. The van der Waals surface area contributed by atoms with E-state index in [-0.39, 0.29) is 5.78 Å². The first-order valence-electron chi connectivity index (χ1n) is 8.10. The van der Waals surface area contributed by atoms with Crippen LogP contribution < -0.4 is 14.8 Å². The Kier molecular flexibility index (Phi) is 5.17. The lowest BCUT2D eigenvalue weighted by Crippen LogP contribution is -2.09. The van der Waals surface area contributed by atoms with Crippen molar-refractivity contribution in [2.24, 2.45) is 0 Å². The molecule has 0 bridgehead atoms. The van der Waals surface area contributed by atoms with Gasteiger partial charge in [-0.1, -0.05) is 23.4 Å². The van der Waals surface area contributed by atoms with Crippen molar-refractivity contribution in [2.75, 3.05) is 19.5 Å². The number of ether oxygens (including phenoxy) is 2. The van der Waals surface area contributed by atoms with Crippen molar-refractivity contribution in [3.63, 3.8) is 0 Å². The predicted molar refractivity (Wildman–Crippen MR) is 98.2 cm³/mol. The van der Waals surface area contributed by atoms with Crippen molar-refractivity contribution < 1.29 is 14.3 Å². The normalized spacial score (nSPS) is 10.4. The van der Waals surface area contributed by atoms with Crippen LogP contribution >= 0.6 is 0 Å². The Morgan fingerprint density at radius 2 is 1.73 bits per heavy atom. The predicted octanol–water partition coefficient (Wildman–Crippen LogP) is 3.10. The van der Waals surface area contributed by atoms with Gasteiger partial charge in [-0.3, -0.25) is 4.79 Å². The van der Waals surface area contributed by atoms with Gasteiger partial charge in [-0.25, -0.2) is 0 Å². The summed E-state index contributed by atoms with van der Waals surface area (Å²) in [5.74, 6) is 1.79. The first-order chi connectivity index (χ1) is 12.6. The summed E-state index contributed by atoms with van der Waals surface area (Å²) in [4.78, 5) is 11.9. The number of methoxy groups -OCH3 is 2. The molecule has 0 spiro atoms. The minimum Gasteiger partial charge on any atom is -0.497 e. The SMILES string of the molecule is COc1cc(CNc2c(C(C)=O)nnn2-c2ccccc2)cc(OC)c1. The third kappa shape index (κ3) is 3.66. The Balaban J connectivity index is 1.92. The van der Waals surface area contributed by atoms with Gasteiger partial charge in [-0.15, -0.1) is 5.10 Å². The van der Waals surface area contributed by atoms with E-state index >= 15 is 0 Å². The molecular weight excluding hydrogens is 332 g/mol. The topological polar surface area (TPSA) is 78.3 Å². The number of nitrogens with one attached hydrogen (secondary N) is 1. The van der Waals surface area contributed by atoms with E-state index in [2.05, 4.69) is 15.6 Å². The zero-order valence-corrected chi connectivity index (χ0v) is 14.9. The fourth-order valence-electron chi connectivity index (χ4n) is 2.58. The molecule has 7 nitrogen and oxygen atoms in total. The van der Waals surface area contributed by atoms with Gasteiger partial charge in [0.2, 0.25) is 0 Å². The van der Waals surface area contributed by atoms with Crippen LogP contribution in [-0.4, -0.2) is 35.0 Å². The maximum Gasteiger partial charge on any atom is 0.183 e. The fourth-order valence-corrected chi connectivity index (χ4v) is 2.58. The van der Waals surface area contributed by atoms with Crippen molar-refractivity contribution in [1.82, 2.24) is 15.0 Å². The number of carbonyl (C=O) groups excluding carboxylic acids is 1. The number of anilines is 1. The average Bonchev–Trinajstić information content (AvgIpc) is 3.11. The molecule has 7 heteroatoms. The molecule has 3 rings (SSSR count). The standard InChI is InChI=1S/C19H20N4O3/c1-13(24)18-19(23(22-21-18)15-7-5-4-6-8-15)20-12-14-9-16(25-2)11-17(10-14)26-3/h4-11,20H,12H2,1-3H3. The molecule has 0 amide bonds. The second-order valence-corrected chi connectivity index (χ2v) is 5.66. The molecule has 134 valence electrons. The van der Waals surface area contributed by atoms with Gasteiger partial charge in [0, 0.05) is 19.5 Å². The van der Waals surface area contributed by atoms with Crippen LogP contribution in [0.5, 0.6) is 11.5 Å². The third-order valence-corrected chi connectivity index (χ3v) is 3.88. The summed E-state index contributed by atoms with van der Waals surface area (Å²) in [5.41, 5.74) is 2.05. The Hall–Kier alpha value is -3.35. The molecule has 0 aliphatic heterocycles. The lowest BCUT2D eigenvalue weighted by molar-refractivity contribution is 0.101. The van der Waals surface area contributed by atoms with Crippen LogP contribution in [0.4, 0.5) is 5.82 Å². The minimum absolute atomic E-state index is 0.155. The molecule has 3 aromatic rings. The van der Waals surface area contributed by atoms with E-state index in [4.69, 9.17) is 9.47 Å². The van der Waals surface area contributed by atoms with E-state index in [1.807, 2.05) is 42.5 Å². The van der Waals surface area contributed by atoms with E-state index in [1.165, 1.54) is 6.92 Å². The molecule has 2 aromatic carbocycles. The van der Waals surface area contributed by atoms with Crippen molar-refractivity contribution in [1.29, 1.82) is 0 Å². The lowest BCUT2D eigenvalue weighted by Gasteiger charge is -2.12. The Morgan fingerprint density at radius 1 is 1.08 bits per heavy atom. The molecule has 1 heterocycles. The molecule has 0 saturated carbocycles. The number of hydrogen-bond donors (Lipinski definition) is 1. The van der Waals surface area contributed by atoms with Crippen LogP contribution in [0, 0.1) is 0 Å². The Bertz CT molecular complexity index is 884. The Labute approximate surface area is 151 Å². The van der Waals surface area contributed by atoms with Gasteiger partial charge in [0.05, 0.1) is 19.9 Å². The first-order valence-corrected chi connectivity index (χ1v) is 8.10. The van der Waals surface area contributed by atoms with Crippen LogP contribution in [0.25, 0.3) is 5.69 Å². The minimum atomic E-state index is -0.155. The van der Waals surface area contributed by atoms with E-state index in [0.29, 0.717) is 29.6 Å². The molecule has 1 N–H and O–H groups in total. The highest BCUT2D eigenvalue weighted by atomic mass is 16.5. The maximum absolute atomic E-state index is 11.9. The van der Waals surface area contributed by atoms with E-state index in [9.17, 15) is 4.79 Å². The lowest BCUT2D eigenvalue weighted by atomic mass is 10.2. The molecule has 0 radical (unpaired) electrons. The summed E-state index contributed by atoms with van der Waals surface area (Å²) in [7, 11) is 3.21. The third-order valence-electron chi connectivity index (χ3n) is 3.88. The second kappa shape index (κ2) is 7.69. The van der Waals surface area contributed by atoms with Crippen molar-refractivity contribution in [3.8, 4) is 17.2 Å². The molecule has 0 aliphatic carbocycles. The van der Waals surface area contributed by atoms with Crippen LogP contribution in [0.1, 0.15) is 23.0 Å². The molecule has 26 heavy (non-hydrogen) atoms. The number of Topliss-reactive ketones (excluding diaryl/α,β-unsaturated/α-hetero) is 1. The van der Waals surface area contributed by atoms with Crippen molar-refractivity contribution >= 4 is 11.6 Å². The van der Waals surface area contributed by atoms with E-state index < -0.39 is 0 Å². The second-order valence-electron chi connectivity index (χ2n) is 5.66. The van der Waals surface area contributed by atoms with Crippen molar-refractivity contribution in [3.05, 3.63) is 59.8 Å². The monoisotopic (exact) mass is 352 g/mol. The molecule has 0 unspecified atom stereocenters. The molecule has 0 fully saturated rings. The van der Waals surface area contributed by atoms with Crippen LogP contribution in [0.15, 0.2) is 48.5 Å². The zero-order chi connectivity index (χ0) is 18.5. The van der Waals surface area contributed by atoms with Gasteiger partial charge in [0.25, 0.3) is 0 Å². The molecule has 1 aromatic heterocycles. The number of ketones is 1. The summed E-state index contributed by atoms with van der Waals surface area (Å²) >= 11 is 0. The maximum atomic E-state index is 11.9. The van der Waals surface area contributed by atoms with Gasteiger partial charge in [-0.05, 0) is 29.8 Å². The summed E-state index contributed by atoms with van der Waals surface area (Å²) in [6.45, 7) is 1.92. The number of aromatic nitrogens is 3. The van der Waals surface area contributed by atoms with Gasteiger partial charge in [-0.2, -0.15) is 4.68 Å². The molecular formula is C19H20N4O3. The van der Waals surface area contributed by atoms with Gasteiger partial charge in [0.1, 0.15) is 11.5 Å². The summed E-state index contributed by atoms with van der Waals surface area (Å²) < 4.78 is 12.2.